The topological polar surface area (TPSA) is 82.3 Å². The van der Waals surface area contributed by atoms with Gasteiger partial charge in [0.15, 0.2) is 12.7 Å². The number of pyridine rings is 1. The molecule has 0 aliphatic carbocycles. The lowest BCUT2D eigenvalue weighted by atomic mass is 9.71. The van der Waals surface area contributed by atoms with Crippen molar-refractivity contribution in [3.8, 4) is 0 Å². The van der Waals surface area contributed by atoms with Gasteiger partial charge in [-0.3, -0.25) is 9.59 Å². The molecule has 46 heavy (non-hydrogen) atoms. The Bertz CT molecular complexity index is 1690. The first-order chi connectivity index (χ1) is 22.3. The van der Waals surface area contributed by atoms with Gasteiger partial charge in [-0.2, -0.15) is 4.57 Å². The second-order valence-electron chi connectivity index (χ2n) is 13.3. The maximum Gasteiger partial charge on any atom is 0.286 e. The number of hydrogen-bond donors (Lipinski definition) is 3. The van der Waals surface area contributed by atoms with E-state index in [0.717, 1.165) is 53.5 Å². The summed E-state index contributed by atoms with van der Waals surface area (Å²) in [6, 6.07) is 29.6. The maximum absolute atomic E-state index is 13.6. The van der Waals surface area contributed by atoms with Crippen molar-refractivity contribution in [1.82, 2.24) is 10.6 Å². The average molecular weight is 619 g/mol. The van der Waals surface area contributed by atoms with Gasteiger partial charge in [0, 0.05) is 36.5 Å². The van der Waals surface area contributed by atoms with Gasteiger partial charge in [0.1, 0.15) is 12.1 Å². The van der Waals surface area contributed by atoms with Crippen LogP contribution in [0.1, 0.15) is 61.6 Å². The average Bonchev–Trinajstić information content (AvgIpc) is 3.08. The third-order valence-electron chi connectivity index (χ3n) is 10.4. The van der Waals surface area contributed by atoms with E-state index in [1.165, 1.54) is 0 Å². The highest BCUT2D eigenvalue weighted by atomic mass is 16.3. The summed E-state index contributed by atoms with van der Waals surface area (Å²) in [4.78, 5) is 26.8. The van der Waals surface area contributed by atoms with Crippen LogP contribution in [0.25, 0.3) is 10.9 Å². The van der Waals surface area contributed by atoms with Crippen LogP contribution in [-0.2, 0) is 16.1 Å². The van der Waals surface area contributed by atoms with Crippen LogP contribution in [0.5, 0.6) is 0 Å². The number of fused-ring (bicyclic) bond motifs is 4. The number of amides is 2. The van der Waals surface area contributed by atoms with E-state index >= 15 is 0 Å². The molecule has 238 valence electrons. The first-order valence-corrected chi connectivity index (χ1v) is 16.5. The number of benzene rings is 3. The predicted octanol–water partition coefficient (Wildman–Crippen LogP) is 5.33. The molecule has 3 fully saturated rings. The molecule has 7 nitrogen and oxygen atoms in total. The second-order valence-corrected chi connectivity index (χ2v) is 13.3. The molecule has 2 bridgehead atoms. The summed E-state index contributed by atoms with van der Waals surface area (Å²) in [6.45, 7) is 10.3. The van der Waals surface area contributed by atoms with Crippen LogP contribution >= 0.6 is 0 Å². The van der Waals surface area contributed by atoms with Crippen molar-refractivity contribution in [3.05, 3.63) is 127 Å². The van der Waals surface area contributed by atoms with Gasteiger partial charge in [-0.25, -0.2) is 0 Å². The Kier molecular flexibility index (Phi) is 9.34. The first kappa shape index (κ1) is 31.6. The summed E-state index contributed by atoms with van der Waals surface area (Å²) in [5.74, 6) is 0.691. The molecule has 0 unspecified atom stereocenters. The molecule has 7 rings (SSSR count). The molecule has 0 radical (unpaired) electrons. The predicted molar refractivity (Wildman–Crippen MR) is 180 cm³/mol. The fraction of sp³-hybridized carbons (Fsp3) is 0.359. The zero-order valence-corrected chi connectivity index (χ0v) is 26.9. The molecule has 1 aromatic heterocycles. The number of aliphatic hydroxyl groups excluding tert-OH is 1. The molecule has 3 aliphatic heterocycles. The molecule has 3 N–H and O–H groups in total. The van der Waals surface area contributed by atoms with Crippen LogP contribution in [0, 0.1) is 11.8 Å². The fourth-order valence-corrected chi connectivity index (χ4v) is 7.96. The minimum Gasteiger partial charge on any atom is -0.382 e. The lowest BCUT2D eigenvalue weighted by Crippen LogP contribution is -2.70. The van der Waals surface area contributed by atoms with Crippen LogP contribution in [0.4, 0.5) is 0 Å². The Morgan fingerprint density at radius 3 is 2.17 bits per heavy atom. The molecule has 4 aromatic rings. The van der Waals surface area contributed by atoms with E-state index in [1.807, 2.05) is 116 Å². The zero-order valence-electron chi connectivity index (χ0n) is 26.9. The van der Waals surface area contributed by atoms with Crippen LogP contribution in [0.2, 0.25) is 0 Å². The molecule has 4 heterocycles. The maximum atomic E-state index is 13.6. The summed E-state index contributed by atoms with van der Waals surface area (Å²) in [5.41, 5.74) is 3.86. The number of nitrogens with one attached hydrogen (secondary N) is 2. The monoisotopic (exact) mass is 618 g/mol. The molecular weight excluding hydrogens is 572 g/mol. The van der Waals surface area contributed by atoms with Crippen LogP contribution in [-0.4, -0.2) is 47.1 Å². The standard InChI is InChI=1S/C39H44N4O3/c1-4-29-25-43(26-38(45)41-28(3)31-15-9-6-10-16-31)22-20-32(29)23-36(43)39(46)34-19-21-42(35-18-12-11-17-33(34)35)24-37(44)40-27(2)30-13-7-5-8-14-30/h4-19,21,27-29,32,36,39,46H,1,20,22-26H2,2-3H3/p+2/t27-,28-,29+,32+,36+,39-,43+/m1/s1. The van der Waals surface area contributed by atoms with E-state index in [-0.39, 0.29) is 36.5 Å². The van der Waals surface area contributed by atoms with Crippen molar-refractivity contribution in [2.75, 3.05) is 19.6 Å². The zero-order chi connectivity index (χ0) is 32.3. The quantitative estimate of drug-likeness (QED) is 0.121. The van der Waals surface area contributed by atoms with Gasteiger partial charge in [0.05, 0.1) is 30.6 Å². The molecule has 3 aromatic carbocycles. The van der Waals surface area contributed by atoms with E-state index in [1.54, 1.807) is 0 Å². The van der Waals surface area contributed by atoms with E-state index in [0.29, 0.717) is 22.9 Å². The summed E-state index contributed by atoms with van der Waals surface area (Å²) < 4.78 is 2.49. The summed E-state index contributed by atoms with van der Waals surface area (Å²) >= 11 is 0. The van der Waals surface area contributed by atoms with Gasteiger partial charge < -0.3 is 20.2 Å². The van der Waals surface area contributed by atoms with Gasteiger partial charge in [-0.1, -0.05) is 78.9 Å². The van der Waals surface area contributed by atoms with Gasteiger partial charge in [-0.05, 0) is 37.0 Å². The van der Waals surface area contributed by atoms with Crippen molar-refractivity contribution in [1.29, 1.82) is 0 Å². The number of nitrogens with zero attached hydrogens (tertiary/aromatic N) is 2. The van der Waals surface area contributed by atoms with Gasteiger partial charge in [0.2, 0.25) is 12.1 Å². The van der Waals surface area contributed by atoms with E-state index < -0.39 is 6.10 Å². The smallest absolute Gasteiger partial charge is 0.286 e. The minimum atomic E-state index is -0.764. The highest BCUT2D eigenvalue weighted by Gasteiger charge is 2.55. The molecule has 7 heteroatoms. The highest BCUT2D eigenvalue weighted by Crippen LogP contribution is 2.47. The number of hydrogen-bond acceptors (Lipinski definition) is 3. The minimum absolute atomic E-state index is 0.00298. The number of aliphatic hydroxyl groups is 1. The van der Waals surface area contributed by atoms with E-state index in [4.69, 9.17) is 0 Å². The fourth-order valence-electron chi connectivity index (χ4n) is 7.96. The Hall–Kier alpha value is -4.33. The van der Waals surface area contributed by atoms with Crippen molar-refractivity contribution in [2.24, 2.45) is 11.8 Å². The SMILES string of the molecule is C=C[C@H]1C[N@+]2(CC(=O)N[C@H](C)c3ccccc3)CC[C@H]1C[C@H]2[C@H](O)c1cc[n+](CC(=O)N[C@H](C)c2ccccc2)c2ccccc12. The molecule has 2 amide bonds. The molecule has 3 saturated heterocycles. The third-order valence-corrected chi connectivity index (χ3v) is 10.4. The molecule has 0 saturated carbocycles. The number of carbonyl (C=O) groups is 2. The Balaban J connectivity index is 1.24. The summed E-state index contributed by atoms with van der Waals surface area (Å²) in [5, 5.41) is 19.5. The first-order valence-electron chi connectivity index (χ1n) is 16.5. The number of aromatic nitrogens is 1. The number of piperidine rings is 3. The van der Waals surface area contributed by atoms with Crippen molar-refractivity contribution >= 4 is 22.7 Å². The van der Waals surface area contributed by atoms with Crippen LogP contribution in [0.3, 0.4) is 0 Å². The highest BCUT2D eigenvalue weighted by molar-refractivity contribution is 5.81. The summed E-state index contributed by atoms with van der Waals surface area (Å²) in [7, 11) is 0. The van der Waals surface area contributed by atoms with Crippen molar-refractivity contribution in [2.45, 2.75) is 57.5 Å². The lowest BCUT2D eigenvalue weighted by Gasteiger charge is -2.57. The largest absolute Gasteiger partial charge is 0.382 e. The van der Waals surface area contributed by atoms with Crippen molar-refractivity contribution in [3.63, 3.8) is 0 Å². The number of carbonyl (C=O) groups excluding carboxylic acids is 2. The Morgan fingerprint density at radius 1 is 0.913 bits per heavy atom. The van der Waals surface area contributed by atoms with E-state index in [9.17, 15) is 14.7 Å². The molecule has 0 spiro atoms. The number of quaternary nitrogens is 1. The Morgan fingerprint density at radius 2 is 1.52 bits per heavy atom. The summed E-state index contributed by atoms with van der Waals surface area (Å²) in [6.07, 6.45) is 5.05. The van der Waals surface area contributed by atoms with Gasteiger partial charge in [0.25, 0.3) is 11.8 Å². The van der Waals surface area contributed by atoms with Crippen molar-refractivity contribution < 1.29 is 23.7 Å². The van der Waals surface area contributed by atoms with E-state index in [2.05, 4.69) is 23.3 Å². The second kappa shape index (κ2) is 13.6. The van der Waals surface area contributed by atoms with Crippen LogP contribution in [0.15, 0.2) is 110 Å². The van der Waals surface area contributed by atoms with Gasteiger partial charge >= 0.3 is 0 Å². The van der Waals surface area contributed by atoms with Gasteiger partial charge in [-0.15, -0.1) is 6.58 Å². The lowest BCUT2D eigenvalue weighted by molar-refractivity contribution is -0.966. The van der Waals surface area contributed by atoms with Crippen LogP contribution < -0.4 is 15.2 Å². The molecule has 3 aliphatic rings. The number of rotatable bonds is 11. The molecular formula is C39H46N4O3+2. The third kappa shape index (κ3) is 6.48. The molecule has 7 atom stereocenters. The number of para-hydroxylation sites is 1. The Labute approximate surface area is 272 Å². The normalized spacial score (nSPS) is 24.1.